The number of hydrogen-bond acceptors (Lipinski definition) is 2. The summed E-state index contributed by atoms with van der Waals surface area (Å²) in [5, 5.41) is 7.68. The topological polar surface area (TPSA) is 54.7 Å². The molecule has 3 N–H and O–H groups in total. The van der Waals surface area contributed by atoms with E-state index in [1.54, 1.807) is 0 Å². The Hall–Kier alpha value is -0.830. The summed E-state index contributed by atoms with van der Waals surface area (Å²) in [6, 6.07) is 0. The van der Waals surface area contributed by atoms with Gasteiger partial charge in [-0.15, -0.1) is 0 Å². The molecule has 0 fully saturated rings. The van der Waals surface area contributed by atoms with Crippen molar-refractivity contribution < 1.29 is 0 Å². The van der Waals surface area contributed by atoms with Crippen LogP contribution in [0, 0.1) is 0 Å². The van der Waals surface area contributed by atoms with Crippen LogP contribution in [0.1, 0.15) is 56.5 Å². The molecule has 1 aliphatic rings. The van der Waals surface area contributed by atoms with Gasteiger partial charge in [-0.25, -0.2) is 0 Å². The summed E-state index contributed by atoms with van der Waals surface area (Å²) in [7, 11) is 0. The third kappa shape index (κ3) is 1.81. The van der Waals surface area contributed by atoms with Gasteiger partial charge in [-0.1, -0.05) is 20.8 Å². The number of fused-ring (bicyclic) bond motifs is 1. The van der Waals surface area contributed by atoms with E-state index >= 15 is 0 Å². The van der Waals surface area contributed by atoms with Crippen molar-refractivity contribution in [3.05, 3.63) is 17.0 Å². The van der Waals surface area contributed by atoms with Crippen molar-refractivity contribution in [1.29, 1.82) is 0 Å². The van der Waals surface area contributed by atoms with Gasteiger partial charge in [0.25, 0.3) is 0 Å². The number of nitrogens with zero attached hydrogens (tertiary/aromatic N) is 1. The number of aromatic nitrogens is 2. The fourth-order valence-corrected chi connectivity index (χ4v) is 2.49. The van der Waals surface area contributed by atoms with Crippen molar-refractivity contribution in [3.63, 3.8) is 0 Å². The van der Waals surface area contributed by atoms with Gasteiger partial charge in [0.1, 0.15) is 0 Å². The van der Waals surface area contributed by atoms with E-state index in [-0.39, 0.29) is 5.41 Å². The number of rotatable bonds is 1. The Labute approximate surface area is 91.4 Å². The lowest BCUT2D eigenvalue weighted by Crippen LogP contribution is -2.22. The average molecular weight is 207 g/mol. The van der Waals surface area contributed by atoms with Crippen LogP contribution in [0.3, 0.4) is 0 Å². The molecule has 0 saturated heterocycles. The molecular formula is C12H21N3. The minimum atomic E-state index is 0.120. The van der Waals surface area contributed by atoms with Gasteiger partial charge in [0.15, 0.2) is 0 Å². The van der Waals surface area contributed by atoms with E-state index in [9.17, 15) is 0 Å². The molecule has 0 saturated carbocycles. The number of nitrogens with two attached hydrogens (primary N) is 1. The van der Waals surface area contributed by atoms with Crippen LogP contribution in [-0.2, 0) is 11.8 Å². The van der Waals surface area contributed by atoms with Crippen LogP contribution in [0.5, 0.6) is 0 Å². The second-order valence-corrected chi connectivity index (χ2v) is 5.54. The Morgan fingerprint density at radius 3 is 2.80 bits per heavy atom. The highest BCUT2D eigenvalue weighted by molar-refractivity contribution is 5.35. The van der Waals surface area contributed by atoms with E-state index in [0.29, 0.717) is 5.92 Å². The molecule has 84 valence electrons. The summed E-state index contributed by atoms with van der Waals surface area (Å²) in [6.45, 7) is 7.39. The minimum absolute atomic E-state index is 0.120. The molecule has 1 aromatic heterocycles. The molecule has 0 amide bonds. The van der Waals surface area contributed by atoms with Crippen molar-refractivity contribution in [3.8, 4) is 0 Å². The summed E-state index contributed by atoms with van der Waals surface area (Å²) in [4.78, 5) is 0. The first-order chi connectivity index (χ1) is 7.04. The molecule has 3 heteroatoms. The van der Waals surface area contributed by atoms with Crippen LogP contribution in [-0.4, -0.2) is 16.7 Å². The van der Waals surface area contributed by atoms with Crippen molar-refractivity contribution in [2.24, 2.45) is 5.73 Å². The molecule has 1 unspecified atom stereocenters. The predicted molar refractivity (Wildman–Crippen MR) is 62.0 cm³/mol. The Balaban J connectivity index is 2.47. The third-order valence-corrected chi connectivity index (χ3v) is 3.27. The zero-order valence-electron chi connectivity index (χ0n) is 9.93. The predicted octanol–water partition coefficient (Wildman–Crippen LogP) is 2.09. The molecular weight excluding hydrogens is 186 g/mol. The molecule has 3 nitrogen and oxygen atoms in total. The van der Waals surface area contributed by atoms with Crippen molar-refractivity contribution in [2.75, 3.05) is 6.54 Å². The van der Waals surface area contributed by atoms with Crippen molar-refractivity contribution in [1.82, 2.24) is 10.2 Å². The largest absolute Gasteiger partial charge is 0.330 e. The van der Waals surface area contributed by atoms with Crippen LogP contribution in [0.15, 0.2) is 0 Å². The van der Waals surface area contributed by atoms with E-state index in [4.69, 9.17) is 5.73 Å². The van der Waals surface area contributed by atoms with Gasteiger partial charge in [0.2, 0.25) is 0 Å². The first-order valence-electron chi connectivity index (χ1n) is 5.81. The van der Waals surface area contributed by atoms with E-state index in [1.165, 1.54) is 29.8 Å². The number of nitrogens with one attached hydrogen (secondary N) is 1. The smallest absolute Gasteiger partial charge is 0.0713 e. The fourth-order valence-electron chi connectivity index (χ4n) is 2.49. The van der Waals surface area contributed by atoms with E-state index in [1.807, 2.05) is 0 Å². The normalized spacial score (nSPS) is 21.5. The Morgan fingerprint density at radius 2 is 2.20 bits per heavy atom. The Bertz CT molecular complexity index is 346. The quantitative estimate of drug-likeness (QED) is 0.741. The molecule has 1 aromatic rings. The first kappa shape index (κ1) is 10.7. The standard InChI is InChI=1S/C12H21N3/c1-12(2,3)11-10-8(7-13)5-4-6-9(10)14-15-11/h8H,4-7,13H2,1-3H3,(H,14,15). The zero-order chi connectivity index (χ0) is 11.1. The number of hydrogen-bond donors (Lipinski definition) is 2. The molecule has 1 heterocycles. The van der Waals surface area contributed by atoms with Gasteiger partial charge >= 0.3 is 0 Å². The van der Waals surface area contributed by atoms with E-state index in [0.717, 1.165) is 13.0 Å². The maximum absolute atomic E-state index is 5.85. The average Bonchev–Trinajstić information content (AvgIpc) is 2.59. The van der Waals surface area contributed by atoms with Crippen LogP contribution in [0.4, 0.5) is 0 Å². The summed E-state index contributed by atoms with van der Waals surface area (Å²) in [5.74, 6) is 0.515. The SMILES string of the molecule is CC(C)(C)c1n[nH]c2c1C(CN)CCC2. The summed E-state index contributed by atoms with van der Waals surface area (Å²) >= 11 is 0. The highest BCUT2D eigenvalue weighted by Gasteiger charge is 2.30. The van der Waals surface area contributed by atoms with Gasteiger partial charge in [0.05, 0.1) is 5.69 Å². The number of H-pyrrole nitrogens is 1. The summed E-state index contributed by atoms with van der Waals surface area (Å²) in [5.41, 5.74) is 9.92. The molecule has 1 aliphatic carbocycles. The molecule has 0 radical (unpaired) electrons. The van der Waals surface area contributed by atoms with Crippen LogP contribution < -0.4 is 5.73 Å². The molecule has 0 spiro atoms. The lowest BCUT2D eigenvalue weighted by Gasteiger charge is -2.25. The number of aromatic amines is 1. The third-order valence-electron chi connectivity index (χ3n) is 3.27. The zero-order valence-corrected chi connectivity index (χ0v) is 9.93. The molecule has 15 heavy (non-hydrogen) atoms. The molecule has 0 aliphatic heterocycles. The molecule has 0 aromatic carbocycles. The van der Waals surface area contributed by atoms with Crippen molar-refractivity contribution >= 4 is 0 Å². The van der Waals surface area contributed by atoms with Gasteiger partial charge in [-0.05, 0) is 31.7 Å². The fraction of sp³-hybridized carbons (Fsp3) is 0.750. The lowest BCUT2D eigenvalue weighted by atomic mass is 9.79. The highest BCUT2D eigenvalue weighted by atomic mass is 15.1. The van der Waals surface area contributed by atoms with Gasteiger partial charge in [-0.2, -0.15) is 5.10 Å². The maximum atomic E-state index is 5.85. The van der Waals surface area contributed by atoms with Gasteiger partial charge in [-0.3, -0.25) is 5.10 Å². The monoisotopic (exact) mass is 207 g/mol. The number of aryl methyl sites for hydroxylation is 1. The second-order valence-electron chi connectivity index (χ2n) is 5.54. The Kier molecular flexibility index (Phi) is 2.59. The first-order valence-corrected chi connectivity index (χ1v) is 5.81. The second kappa shape index (κ2) is 3.63. The van der Waals surface area contributed by atoms with Crippen LogP contribution in [0.2, 0.25) is 0 Å². The lowest BCUT2D eigenvalue weighted by molar-refractivity contribution is 0.520. The Morgan fingerprint density at radius 1 is 1.47 bits per heavy atom. The van der Waals surface area contributed by atoms with Crippen LogP contribution in [0.25, 0.3) is 0 Å². The van der Waals surface area contributed by atoms with Crippen LogP contribution >= 0.6 is 0 Å². The van der Waals surface area contributed by atoms with Gasteiger partial charge < -0.3 is 5.73 Å². The molecule has 0 bridgehead atoms. The summed E-state index contributed by atoms with van der Waals surface area (Å²) in [6.07, 6.45) is 3.58. The van der Waals surface area contributed by atoms with E-state index in [2.05, 4.69) is 31.0 Å². The van der Waals surface area contributed by atoms with Gasteiger partial charge in [0, 0.05) is 16.7 Å². The maximum Gasteiger partial charge on any atom is 0.0713 e. The van der Waals surface area contributed by atoms with E-state index < -0.39 is 0 Å². The minimum Gasteiger partial charge on any atom is -0.330 e. The molecule has 1 atom stereocenters. The highest BCUT2D eigenvalue weighted by Crippen LogP contribution is 2.36. The molecule has 2 rings (SSSR count). The van der Waals surface area contributed by atoms with Crippen molar-refractivity contribution in [2.45, 2.75) is 51.4 Å². The summed E-state index contributed by atoms with van der Waals surface area (Å²) < 4.78 is 0.